The standard InChI is InChI=1S/C46H45ClN4O5/c1-30-42(28-51-22-20-46(54,21-23-51)37-16-18-38(47)19-17-37)55-45(56-43(30)33-14-12-31(29-52)13-15-33)36-9-5-8-35(25-36)34-7-4-6-32(24-34)26-49-44(53)41-27-48-39-10-2-3-11-40(39)50-41/h2-19,24-25,27,30,42-43,45,52,54H,20-23,26,28-29H2,1H3,(H,49,53)/t30-,42+,43+,45+/m0/s1. The number of para-hydroxylation sites is 2. The van der Waals surface area contributed by atoms with Gasteiger partial charge in [0.1, 0.15) is 5.69 Å². The molecule has 0 spiro atoms. The lowest BCUT2D eigenvalue weighted by Gasteiger charge is -2.45. The molecule has 1 amide bonds. The van der Waals surface area contributed by atoms with E-state index in [9.17, 15) is 15.0 Å². The first-order chi connectivity index (χ1) is 27.2. The van der Waals surface area contributed by atoms with E-state index in [1.807, 2.05) is 97.1 Å². The maximum atomic E-state index is 13.0. The van der Waals surface area contributed by atoms with E-state index in [1.165, 1.54) is 6.20 Å². The van der Waals surface area contributed by atoms with Crippen LogP contribution in [0.15, 0.2) is 128 Å². The van der Waals surface area contributed by atoms with E-state index in [-0.39, 0.29) is 36.3 Å². The highest BCUT2D eigenvalue weighted by Crippen LogP contribution is 2.43. The van der Waals surface area contributed by atoms with Gasteiger partial charge in [-0.05, 0) is 82.6 Å². The molecule has 0 bridgehead atoms. The Bertz CT molecular complexity index is 2290. The molecule has 1 aromatic heterocycles. The van der Waals surface area contributed by atoms with Crippen LogP contribution in [0.25, 0.3) is 22.2 Å². The number of nitrogens with zero attached hydrogens (tertiary/aromatic N) is 3. The molecule has 0 unspecified atom stereocenters. The van der Waals surface area contributed by atoms with Gasteiger partial charge in [-0.2, -0.15) is 0 Å². The second kappa shape index (κ2) is 16.6. The lowest BCUT2D eigenvalue weighted by Crippen LogP contribution is -2.49. The number of piperidine rings is 1. The predicted octanol–water partition coefficient (Wildman–Crippen LogP) is 8.15. The van der Waals surface area contributed by atoms with Crippen molar-refractivity contribution in [2.24, 2.45) is 5.92 Å². The zero-order valence-electron chi connectivity index (χ0n) is 31.2. The molecule has 2 fully saturated rings. The number of rotatable bonds is 10. The van der Waals surface area contributed by atoms with Crippen LogP contribution in [0, 0.1) is 5.92 Å². The molecule has 4 atom stereocenters. The third-order valence-electron chi connectivity index (χ3n) is 11.2. The fourth-order valence-electron chi connectivity index (χ4n) is 7.80. The first-order valence-electron chi connectivity index (χ1n) is 19.2. The Morgan fingerprint density at radius 2 is 1.55 bits per heavy atom. The first kappa shape index (κ1) is 37.9. The quantitative estimate of drug-likeness (QED) is 0.128. The second-order valence-corrected chi connectivity index (χ2v) is 15.3. The Balaban J connectivity index is 0.986. The number of halogens is 1. The summed E-state index contributed by atoms with van der Waals surface area (Å²) in [6, 6.07) is 39.3. The predicted molar refractivity (Wildman–Crippen MR) is 217 cm³/mol. The summed E-state index contributed by atoms with van der Waals surface area (Å²) in [7, 11) is 0. The molecule has 2 saturated heterocycles. The number of aromatic nitrogens is 2. The smallest absolute Gasteiger partial charge is 0.271 e. The van der Waals surface area contributed by atoms with Crippen LogP contribution in [-0.4, -0.2) is 56.7 Å². The number of aliphatic hydroxyl groups is 2. The van der Waals surface area contributed by atoms with Gasteiger partial charge in [-0.15, -0.1) is 0 Å². The SMILES string of the molecule is C[C@H]1[C@@H](CN2CCC(O)(c3ccc(Cl)cc3)CC2)O[C@@H](c2cccc(-c3cccc(CNC(=O)c4cnc5ccccc5n4)c3)c2)O[C@H]1c1ccc(CO)cc1. The van der Waals surface area contributed by atoms with Gasteiger partial charge in [0.15, 0.2) is 6.29 Å². The molecule has 5 aromatic carbocycles. The first-order valence-corrected chi connectivity index (χ1v) is 19.5. The van der Waals surface area contributed by atoms with Crippen molar-refractivity contribution in [1.82, 2.24) is 20.2 Å². The Morgan fingerprint density at radius 3 is 2.30 bits per heavy atom. The van der Waals surface area contributed by atoms with Crippen LogP contribution in [-0.2, 0) is 28.2 Å². The van der Waals surface area contributed by atoms with Gasteiger partial charge >= 0.3 is 0 Å². The molecule has 3 N–H and O–H groups in total. The molecule has 9 nitrogen and oxygen atoms in total. The van der Waals surface area contributed by atoms with E-state index < -0.39 is 11.9 Å². The summed E-state index contributed by atoms with van der Waals surface area (Å²) >= 11 is 6.12. The molecule has 0 aliphatic carbocycles. The number of ether oxygens (including phenoxy) is 2. The molecule has 56 heavy (non-hydrogen) atoms. The normalized spacial score (nSPS) is 21.1. The van der Waals surface area contributed by atoms with E-state index >= 15 is 0 Å². The van der Waals surface area contributed by atoms with E-state index in [0.717, 1.165) is 57.6 Å². The van der Waals surface area contributed by atoms with Gasteiger partial charge in [0.05, 0.1) is 41.6 Å². The fraction of sp³-hybridized carbons (Fsp3) is 0.283. The zero-order chi connectivity index (χ0) is 38.6. The third-order valence-corrected chi connectivity index (χ3v) is 11.4. The van der Waals surface area contributed by atoms with Gasteiger partial charge in [0, 0.05) is 42.7 Å². The number of carbonyl (C=O) groups is 1. The molecule has 0 radical (unpaired) electrons. The number of fused-ring (bicyclic) bond motifs is 1. The average molecular weight is 769 g/mol. The number of likely N-dealkylation sites (tertiary alicyclic amines) is 1. The molecule has 8 rings (SSSR count). The monoisotopic (exact) mass is 768 g/mol. The fourth-order valence-corrected chi connectivity index (χ4v) is 7.93. The lowest BCUT2D eigenvalue weighted by atomic mass is 9.84. The van der Waals surface area contributed by atoms with E-state index in [4.69, 9.17) is 21.1 Å². The Kier molecular flexibility index (Phi) is 11.2. The van der Waals surface area contributed by atoms with Crippen LogP contribution >= 0.6 is 11.6 Å². The molecular weight excluding hydrogens is 724 g/mol. The van der Waals surface area contributed by atoms with Crippen molar-refractivity contribution in [1.29, 1.82) is 0 Å². The number of carbonyl (C=O) groups excluding carboxylic acids is 1. The van der Waals surface area contributed by atoms with Gasteiger partial charge in [-0.25, -0.2) is 4.98 Å². The summed E-state index contributed by atoms with van der Waals surface area (Å²) in [4.78, 5) is 24.2. The van der Waals surface area contributed by atoms with Crippen LogP contribution in [0.2, 0.25) is 5.02 Å². The van der Waals surface area contributed by atoms with Crippen molar-refractivity contribution in [3.8, 4) is 11.1 Å². The molecular formula is C46H45ClN4O5. The number of hydrogen-bond donors (Lipinski definition) is 3. The molecule has 2 aliphatic heterocycles. The second-order valence-electron chi connectivity index (χ2n) is 14.9. The van der Waals surface area contributed by atoms with Crippen molar-refractivity contribution in [2.45, 2.75) is 57.0 Å². The minimum atomic E-state index is -0.891. The average Bonchev–Trinajstić information content (AvgIpc) is 3.24. The number of hydrogen-bond acceptors (Lipinski definition) is 8. The van der Waals surface area contributed by atoms with E-state index in [2.05, 4.69) is 51.4 Å². The van der Waals surface area contributed by atoms with Crippen LogP contribution in [0.3, 0.4) is 0 Å². The third kappa shape index (κ3) is 8.39. The van der Waals surface area contributed by atoms with Crippen molar-refractivity contribution in [2.75, 3.05) is 19.6 Å². The summed E-state index contributed by atoms with van der Waals surface area (Å²) in [6.45, 7) is 4.64. The van der Waals surface area contributed by atoms with Crippen LogP contribution < -0.4 is 5.32 Å². The number of aliphatic hydroxyl groups excluding tert-OH is 1. The summed E-state index contributed by atoms with van der Waals surface area (Å²) in [5.74, 6) is -0.257. The van der Waals surface area contributed by atoms with Gasteiger partial charge < -0.3 is 29.9 Å². The largest absolute Gasteiger partial charge is 0.392 e. The van der Waals surface area contributed by atoms with Crippen molar-refractivity contribution >= 4 is 28.5 Å². The Morgan fingerprint density at radius 1 is 0.839 bits per heavy atom. The molecule has 3 heterocycles. The van der Waals surface area contributed by atoms with Gasteiger partial charge in [-0.1, -0.05) is 103 Å². The van der Waals surface area contributed by atoms with Crippen molar-refractivity contribution < 1.29 is 24.5 Å². The Labute approximate surface area is 331 Å². The molecule has 10 heteroatoms. The van der Waals surface area contributed by atoms with Gasteiger partial charge in [0.25, 0.3) is 5.91 Å². The highest BCUT2D eigenvalue weighted by atomic mass is 35.5. The van der Waals surface area contributed by atoms with Crippen LogP contribution in [0.1, 0.15) is 70.5 Å². The Hall–Kier alpha value is -5.00. The van der Waals surface area contributed by atoms with E-state index in [0.29, 0.717) is 36.5 Å². The van der Waals surface area contributed by atoms with Gasteiger partial charge in [0.2, 0.25) is 0 Å². The molecule has 6 aromatic rings. The summed E-state index contributed by atoms with van der Waals surface area (Å²) in [5, 5.41) is 24.9. The maximum Gasteiger partial charge on any atom is 0.271 e. The number of benzene rings is 5. The highest BCUT2D eigenvalue weighted by molar-refractivity contribution is 6.30. The summed E-state index contributed by atoms with van der Waals surface area (Å²) in [6.07, 6.45) is 1.71. The minimum Gasteiger partial charge on any atom is -0.392 e. The molecule has 286 valence electrons. The van der Waals surface area contributed by atoms with Crippen LogP contribution in [0.4, 0.5) is 0 Å². The zero-order valence-corrected chi connectivity index (χ0v) is 32.0. The van der Waals surface area contributed by atoms with E-state index in [1.54, 1.807) is 0 Å². The number of nitrogens with one attached hydrogen (secondary N) is 1. The van der Waals surface area contributed by atoms with Crippen molar-refractivity contribution in [3.63, 3.8) is 0 Å². The number of amides is 1. The molecule has 2 aliphatic rings. The lowest BCUT2D eigenvalue weighted by molar-refractivity contribution is -0.277. The molecule has 0 saturated carbocycles. The van der Waals surface area contributed by atoms with Crippen molar-refractivity contribution in [3.05, 3.63) is 166 Å². The summed E-state index contributed by atoms with van der Waals surface area (Å²) < 4.78 is 13.6. The summed E-state index contributed by atoms with van der Waals surface area (Å²) in [5.41, 5.74) is 7.43. The topological polar surface area (TPSA) is 117 Å². The minimum absolute atomic E-state index is 0.0213. The van der Waals surface area contributed by atoms with Gasteiger partial charge in [-0.3, -0.25) is 9.78 Å². The highest BCUT2D eigenvalue weighted by Gasteiger charge is 2.41. The van der Waals surface area contributed by atoms with Crippen LogP contribution in [0.5, 0.6) is 0 Å². The maximum absolute atomic E-state index is 13.0.